The summed E-state index contributed by atoms with van der Waals surface area (Å²) in [6, 6.07) is 2.58. The van der Waals surface area contributed by atoms with Gasteiger partial charge in [-0.05, 0) is 26.2 Å². The molecule has 18 heavy (non-hydrogen) atoms. The van der Waals surface area contributed by atoms with Crippen LogP contribution < -0.4 is 4.90 Å². The van der Waals surface area contributed by atoms with Gasteiger partial charge in [-0.25, -0.2) is 9.97 Å². The number of aliphatic hydroxyl groups excluding tert-OH is 1. The molecule has 0 spiro atoms. The average Bonchev–Trinajstić information content (AvgIpc) is 2.25. The molecule has 1 heterocycles. The van der Waals surface area contributed by atoms with Gasteiger partial charge < -0.3 is 10.0 Å². The van der Waals surface area contributed by atoms with E-state index in [1.54, 1.807) is 0 Å². The highest BCUT2D eigenvalue weighted by Gasteiger charge is 2.26. The van der Waals surface area contributed by atoms with E-state index in [1.807, 2.05) is 13.0 Å². The second-order valence-electron chi connectivity index (χ2n) is 5.38. The van der Waals surface area contributed by atoms with Crippen LogP contribution in [-0.4, -0.2) is 34.3 Å². The molecular weight excluding hydrogens is 226 g/mol. The molecule has 1 aliphatic carbocycles. The number of anilines is 1. The maximum Gasteiger partial charge on any atom is 0.133 e. The highest BCUT2D eigenvalue weighted by atomic mass is 16.3. The second-order valence-corrected chi connectivity index (χ2v) is 5.38. The first-order chi connectivity index (χ1) is 8.61. The molecule has 0 radical (unpaired) electrons. The van der Waals surface area contributed by atoms with E-state index in [0.29, 0.717) is 18.5 Å². The standard InChI is InChI=1S/C14H23N3O/c1-10(2)14-15-11(3)9-13(16-14)17(7-8-18)12-5-4-6-12/h9-10,12,18H,4-8H2,1-3H3. The zero-order valence-electron chi connectivity index (χ0n) is 11.6. The van der Waals surface area contributed by atoms with Gasteiger partial charge in [-0.15, -0.1) is 0 Å². The molecule has 4 nitrogen and oxygen atoms in total. The summed E-state index contributed by atoms with van der Waals surface area (Å²) in [6.45, 7) is 7.07. The fraction of sp³-hybridized carbons (Fsp3) is 0.714. The fourth-order valence-corrected chi connectivity index (χ4v) is 2.27. The molecule has 0 saturated heterocycles. The van der Waals surface area contributed by atoms with Gasteiger partial charge in [-0.1, -0.05) is 13.8 Å². The summed E-state index contributed by atoms with van der Waals surface area (Å²) in [5.41, 5.74) is 1.01. The number of hydrogen-bond acceptors (Lipinski definition) is 4. The van der Waals surface area contributed by atoms with Gasteiger partial charge in [0.15, 0.2) is 0 Å². The summed E-state index contributed by atoms with van der Waals surface area (Å²) < 4.78 is 0. The Labute approximate surface area is 109 Å². The van der Waals surface area contributed by atoms with E-state index in [9.17, 15) is 5.11 Å². The molecule has 1 aliphatic rings. The first-order valence-electron chi connectivity index (χ1n) is 6.85. The second kappa shape index (κ2) is 5.65. The lowest BCUT2D eigenvalue weighted by molar-refractivity contribution is 0.283. The summed E-state index contributed by atoms with van der Waals surface area (Å²) >= 11 is 0. The summed E-state index contributed by atoms with van der Waals surface area (Å²) in [4.78, 5) is 11.4. The lowest BCUT2D eigenvalue weighted by Gasteiger charge is -2.38. The smallest absolute Gasteiger partial charge is 0.133 e. The first-order valence-corrected chi connectivity index (χ1v) is 6.85. The van der Waals surface area contributed by atoms with Gasteiger partial charge in [0.25, 0.3) is 0 Å². The van der Waals surface area contributed by atoms with Gasteiger partial charge in [0, 0.05) is 30.3 Å². The Bertz CT molecular complexity index is 402. The van der Waals surface area contributed by atoms with Crippen LogP contribution in [0.5, 0.6) is 0 Å². The van der Waals surface area contributed by atoms with Crippen LogP contribution in [0.3, 0.4) is 0 Å². The van der Waals surface area contributed by atoms with E-state index in [1.165, 1.54) is 19.3 Å². The van der Waals surface area contributed by atoms with Crippen LogP contribution in [-0.2, 0) is 0 Å². The van der Waals surface area contributed by atoms with Crippen molar-refractivity contribution in [2.24, 2.45) is 0 Å². The van der Waals surface area contributed by atoms with E-state index in [0.717, 1.165) is 17.3 Å². The molecule has 1 saturated carbocycles. The number of nitrogens with zero attached hydrogens (tertiary/aromatic N) is 3. The molecule has 0 aromatic carbocycles. The average molecular weight is 249 g/mol. The summed E-state index contributed by atoms with van der Waals surface area (Å²) in [6.07, 6.45) is 3.70. The van der Waals surface area contributed by atoms with Crippen LogP contribution in [0.1, 0.15) is 50.5 Å². The van der Waals surface area contributed by atoms with E-state index < -0.39 is 0 Å². The molecule has 0 atom stereocenters. The number of aromatic nitrogens is 2. The molecule has 0 bridgehead atoms. The zero-order chi connectivity index (χ0) is 13.1. The third-order valence-electron chi connectivity index (χ3n) is 3.53. The topological polar surface area (TPSA) is 49.2 Å². The zero-order valence-corrected chi connectivity index (χ0v) is 11.6. The van der Waals surface area contributed by atoms with Crippen LogP contribution in [0, 0.1) is 6.92 Å². The summed E-state index contributed by atoms with van der Waals surface area (Å²) in [5, 5.41) is 9.23. The SMILES string of the molecule is Cc1cc(N(CCO)C2CCC2)nc(C(C)C)n1. The van der Waals surface area contributed by atoms with E-state index in [2.05, 4.69) is 28.7 Å². The van der Waals surface area contributed by atoms with Gasteiger partial charge in [0.2, 0.25) is 0 Å². The molecule has 1 aromatic rings. The van der Waals surface area contributed by atoms with Crippen LogP contribution in [0.25, 0.3) is 0 Å². The summed E-state index contributed by atoms with van der Waals surface area (Å²) in [5.74, 6) is 2.21. The van der Waals surface area contributed by atoms with Crippen LogP contribution in [0.4, 0.5) is 5.82 Å². The number of aliphatic hydroxyl groups is 1. The Kier molecular flexibility index (Phi) is 4.17. The van der Waals surface area contributed by atoms with Crippen molar-refractivity contribution in [2.45, 2.75) is 52.0 Å². The number of aryl methyl sites for hydroxylation is 1. The van der Waals surface area contributed by atoms with Crippen LogP contribution in [0.15, 0.2) is 6.07 Å². The molecule has 0 unspecified atom stereocenters. The lowest BCUT2D eigenvalue weighted by atomic mass is 9.91. The van der Waals surface area contributed by atoms with E-state index >= 15 is 0 Å². The van der Waals surface area contributed by atoms with Gasteiger partial charge in [-0.3, -0.25) is 0 Å². The molecule has 0 aliphatic heterocycles. The van der Waals surface area contributed by atoms with Gasteiger partial charge in [-0.2, -0.15) is 0 Å². The highest BCUT2D eigenvalue weighted by Crippen LogP contribution is 2.29. The van der Waals surface area contributed by atoms with E-state index in [-0.39, 0.29) is 6.61 Å². The molecule has 1 fully saturated rings. The van der Waals surface area contributed by atoms with Crippen molar-refractivity contribution in [3.63, 3.8) is 0 Å². The Balaban J connectivity index is 2.27. The third kappa shape index (κ3) is 2.80. The van der Waals surface area contributed by atoms with Gasteiger partial charge >= 0.3 is 0 Å². The Hall–Kier alpha value is -1.16. The quantitative estimate of drug-likeness (QED) is 0.869. The minimum atomic E-state index is 0.177. The van der Waals surface area contributed by atoms with Crippen molar-refractivity contribution in [2.75, 3.05) is 18.1 Å². The van der Waals surface area contributed by atoms with Crippen LogP contribution >= 0.6 is 0 Å². The van der Waals surface area contributed by atoms with Crippen molar-refractivity contribution >= 4 is 5.82 Å². The molecule has 1 aromatic heterocycles. The molecule has 1 N–H and O–H groups in total. The van der Waals surface area contributed by atoms with Crippen molar-refractivity contribution in [3.8, 4) is 0 Å². The Morgan fingerprint density at radius 1 is 1.39 bits per heavy atom. The largest absolute Gasteiger partial charge is 0.395 e. The Morgan fingerprint density at radius 2 is 2.11 bits per heavy atom. The molecule has 100 valence electrons. The van der Waals surface area contributed by atoms with Crippen molar-refractivity contribution in [1.29, 1.82) is 0 Å². The minimum Gasteiger partial charge on any atom is -0.395 e. The van der Waals surface area contributed by atoms with Crippen molar-refractivity contribution in [1.82, 2.24) is 9.97 Å². The molecule has 2 rings (SSSR count). The molecule has 0 amide bonds. The fourth-order valence-electron chi connectivity index (χ4n) is 2.27. The van der Waals surface area contributed by atoms with Gasteiger partial charge in [0.1, 0.15) is 11.6 Å². The monoisotopic (exact) mass is 249 g/mol. The van der Waals surface area contributed by atoms with E-state index in [4.69, 9.17) is 0 Å². The predicted octanol–water partition coefficient (Wildman–Crippen LogP) is 2.26. The minimum absolute atomic E-state index is 0.177. The summed E-state index contributed by atoms with van der Waals surface area (Å²) in [7, 11) is 0. The number of hydrogen-bond donors (Lipinski definition) is 1. The third-order valence-corrected chi connectivity index (χ3v) is 3.53. The maximum atomic E-state index is 9.23. The molecule has 4 heteroatoms. The maximum absolute atomic E-state index is 9.23. The normalized spacial score (nSPS) is 15.8. The van der Waals surface area contributed by atoms with Crippen molar-refractivity contribution < 1.29 is 5.11 Å². The highest BCUT2D eigenvalue weighted by molar-refractivity contribution is 5.42. The van der Waals surface area contributed by atoms with Crippen molar-refractivity contribution in [3.05, 3.63) is 17.6 Å². The van der Waals surface area contributed by atoms with Gasteiger partial charge in [0.05, 0.1) is 6.61 Å². The predicted molar refractivity (Wildman–Crippen MR) is 72.9 cm³/mol. The lowest BCUT2D eigenvalue weighted by Crippen LogP contribution is -2.42. The first kappa shape index (κ1) is 13.3. The number of rotatable bonds is 5. The molecular formula is C14H23N3O. The Morgan fingerprint density at radius 3 is 2.61 bits per heavy atom. The van der Waals surface area contributed by atoms with Crippen LogP contribution in [0.2, 0.25) is 0 Å².